The summed E-state index contributed by atoms with van der Waals surface area (Å²) in [4.78, 5) is 71.0. The highest BCUT2D eigenvalue weighted by molar-refractivity contribution is 5.94. The van der Waals surface area contributed by atoms with Crippen molar-refractivity contribution < 1.29 is 29.1 Å². The van der Waals surface area contributed by atoms with Gasteiger partial charge in [0.05, 0.1) is 12.4 Å². The second-order valence-electron chi connectivity index (χ2n) is 9.15. The number of amides is 4. The Morgan fingerprint density at radius 3 is 2.36 bits per heavy atom. The molecule has 1 aromatic carbocycles. The Labute approximate surface area is 223 Å². The number of fused-ring (bicyclic) bond motifs is 1. The number of hydrogen-bond acceptors (Lipinski definition) is 7. The molecule has 0 aliphatic carbocycles. The van der Waals surface area contributed by atoms with Crippen LogP contribution in [-0.4, -0.2) is 73.8 Å². The van der Waals surface area contributed by atoms with E-state index in [1.807, 2.05) is 24.3 Å². The van der Waals surface area contributed by atoms with Gasteiger partial charge >= 0.3 is 5.97 Å². The zero-order valence-electron chi connectivity index (χ0n) is 21.3. The van der Waals surface area contributed by atoms with Crippen molar-refractivity contribution in [1.82, 2.24) is 30.9 Å². The Kier molecular flexibility index (Phi) is 9.75. The number of H-pyrrole nitrogens is 2. The minimum Gasteiger partial charge on any atom is -0.480 e. The van der Waals surface area contributed by atoms with E-state index in [-0.39, 0.29) is 25.7 Å². The summed E-state index contributed by atoms with van der Waals surface area (Å²) in [5.41, 5.74) is 13.5. The molecule has 0 bridgehead atoms. The smallest absolute Gasteiger partial charge is 0.326 e. The van der Waals surface area contributed by atoms with Crippen molar-refractivity contribution in [3.05, 3.63) is 54.2 Å². The van der Waals surface area contributed by atoms with Crippen LogP contribution in [0.15, 0.2) is 43.0 Å². The van der Waals surface area contributed by atoms with Gasteiger partial charge in [0.2, 0.25) is 23.6 Å². The standard InChI is InChI=1S/C25H32N8O6/c1-13(22(35)32-19(25(38)39)6-7-21(27)34)31-24(37)20(9-15-11-28-12-30-15)33-23(36)17(26)8-14-10-29-18-5-3-2-4-16(14)18/h2-5,10-13,17,19-20,29H,6-9,26H2,1H3,(H2,27,34)(H,28,30)(H,31,37)(H,32,35)(H,33,36)(H,38,39). The molecular formula is C25H32N8O6. The van der Waals surface area contributed by atoms with Crippen molar-refractivity contribution in [3.8, 4) is 0 Å². The maximum Gasteiger partial charge on any atom is 0.326 e. The van der Waals surface area contributed by atoms with Crippen LogP contribution < -0.4 is 27.4 Å². The first-order chi connectivity index (χ1) is 18.5. The zero-order chi connectivity index (χ0) is 28.5. The van der Waals surface area contributed by atoms with Crippen LogP contribution in [0.25, 0.3) is 10.9 Å². The number of aliphatic carboxylic acids is 1. The molecule has 208 valence electrons. The average molecular weight is 541 g/mol. The van der Waals surface area contributed by atoms with Crippen LogP contribution in [0.2, 0.25) is 0 Å². The van der Waals surface area contributed by atoms with Gasteiger partial charge in [0.25, 0.3) is 0 Å². The SMILES string of the molecule is CC(NC(=O)C(Cc1cnc[nH]1)NC(=O)C(N)Cc1c[nH]c2ccccc12)C(=O)NC(CCC(N)=O)C(=O)O. The Balaban J connectivity index is 1.65. The molecule has 4 atom stereocenters. The van der Waals surface area contributed by atoms with Gasteiger partial charge in [-0.2, -0.15) is 0 Å². The van der Waals surface area contributed by atoms with Crippen LogP contribution in [0.1, 0.15) is 31.0 Å². The predicted octanol–water partition coefficient (Wildman–Crippen LogP) is -1.17. The van der Waals surface area contributed by atoms with E-state index in [0.717, 1.165) is 16.5 Å². The number of hydrogen-bond donors (Lipinski definition) is 8. The molecule has 10 N–H and O–H groups in total. The van der Waals surface area contributed by atoms with Crippen molar-refractivity contribution in [2.24, 2.45) is 11.5 Å². The third-order valence-corrected chi connectivity index (χ3v) is 6.11. The number of nitrogens with two attached hydrogens (primary N) is 2. The number of carbonyl (C=O) groups excluding carboxylic acids is 4. The summed E-state index contributed by atoms with van der Waals surface area (Å²) >= 11 is 0. The topological polar surface area (TPSA) is 238 Å². The maximum absolute atomic E-state index is 13.1. The molecular weight excluding hydrogens is 508 g/mol. The molecule has 0 saturated heterocycles. The first kappa shape index (κ1) is 28.8. The lowest BCUT2D eigenvalue weighted by atomic mass is 10.0. The predicted molar refractivity (Wildman–Crippen MR) is 140 cm³/mol. The lowest BCUT2D eigenvalue weighted by Gasteiger charge is -2.23. The van der Waals surface area contributed by atoms with Crippen LogP contribution in [0.4, 0.5) is 0 Å². The molecule has 2 heterocycles. The highest BCUT2D eigenvalue weighted by atomic mass is 16.4. The summed E-state index contributed by atoms with van der Waals surface area (Å²) in [6.07, 6.45) is 4.49. The number of para-hydroxylation sites is 1. The van der Waals surface area contributed by atoms with Crippen molar-refractivity contribution >= 4 is 40.5 Å². The number of nitrogens with zero attached hydrogens (tertiary/aromatic N) is 1. The summed E-state index contributed by atoms with van der Waals surface area (Å²) in [6.45, 7) is 1.36. The van der Waals surface area contributed by atoms with Crippen LogP contribution in [0.5, 0.6) is 0 Å². The van der Waals surface area contributed by atoms with Gasteiger partial charge in [-0.05, 0) is 31.4 Å². The molecule has 39 heavy (non-hydrogen) atoms. The number of aromatic amines is 2. The van der Waals surface area contributed by atoms with Gasteiger partial charge in [0.1, 0.15) is 18.1 Å². The second kappa shape index (κ2) is 13.2. The van der Waals surface area contributed by atoms with Crippen LogP contribution in [0.3, 0.4) is 0 Å². The number of carbonyl (C=O) groups is 5. The molecule has 3 aromatic rings. The van der Waals surface area contributed by atoms with Crippen molar-refractivity contribution in [2.75, 3.05) is 0 Å². The molecule has 4 unspecified atom stereocenters. The van der Waals surface area contributed by atoms with E-state index in [1.165, 1.54) is 19.4 Å². The summed E-state index contributed by atoms with van der Waals surface area (Å²) in [7, 11) is 0. The summed E-state index contributed by atoms with van der Waals surface area (Å²) < 4.78 is 0. The largest absolute Gasteiger partial charge is 0.480 e. The van der Waals surface area contributed by atoms with Gasteiger partial charge in [-0.1, -0.05) is 18.2 Å². The molecule has 14 heteroatoms. The van der Waals surface area contributed by atoms with Crippen LogP contribution >= 0.6 is 0 Å². The molecule has 0 aliphatic rings. The Bertz CT molecular complexity index is 1320. The molecule has 0 fully saturated rings. The first-order valence-corrected chi connectivity index (χ1v) is 12.2. The Morgan fingerprint density at radius 2 is 1.69 bits per heavy atom. The van der Waals surface area contributed by atoms with Gasteiger partial charge in [-0.3, -0.25) is 19.2 Å². The van der Waals surface area contributed by atoms with Crippen LogP contribution in [0, 0.1) is 0 Å². The number of aromatic nitrogens is 3. The lowest BCUT2D eigenvalue weighted by Crippen LogP contribution is -2.57. The second-order valence-corrected chi connectivity index (χ2v) is 9.15. The third-order valence-electron chi connectivity index (χ3n) is 6.11. The summed E-state index contributed by atoms with van der Waals surface area (Å²) in [5, 5.41) is 17.6. The normalized spacial score (nSPS) is 14.1. The summed E-state index contributed by atoms with van der Waals surface area (Å²) in [5.74, 6) is -4.12. The highest BCUT2D eigenvalue weighted by Gasteiger charge is 2.29. The van der Waals surface area contributed by atoms with Gasteiger partial charge in [0.15, 0.2) is 0 Å². The number of nitrogens with one attached hydrogen (secondary N) is 5. The monoisotopic (exact) mass is 540 g/mol. The fourth-order valence-electron chi connectivity index (χ4n) is 3.95. The number of carboxylic acids is 1. The molecule has 3 rings (SSSR count). The molecule has 14 nitrogen and oxygen atoms in total. The minimum atomic E-state index is -1.37. The van der Waals surface area contributed by atoms with E-state index < -0.39 is 53.8 Å². The number of imidazole rings is 1. The van der Waals surface area contributed by atoms with E-state index >= 15 is 0 Å². The maximum atomic E-state index is 13.1. The van der Waals surface area contributed by atoms with E-state index in [1.54, 1.807) is 6.20 Å². The average Bonchev–Trinajstić information content (AvgIpc) is 3.55. The number of primary amides is 1. The van der Waals surface area contributed by atoms with Crippen molar-refractivity contribution in [1.29, 1.82) is 0 Å². The molecule has 0 aliphatic heterocycles. The van der Waals surface area contributed by atoms with E-state index in [4.69, 9.17) is 11.5 Å². The number of rotatable bonds is 14. The van der Waals surface area contributed by atoms with Crippen molar-refractivity contribution in [3.63, 3.8) is 0 Å². The van der Waals surface area contributed by atoms with E-state index in [0.29, 0.717) is 5.69 Å². The van der Waals surface area contributed by atoms with Gasteiger partial charge in [0, 0.05) is 41.8 Å². The fraction of sp³-hybridized carbons (Fsp3) is 0.360. The molecule has 0 saturated carbocycles. The minimum absolute atomic E-state index is 0.0298. The first-order valence-electron chi connectivity index (χ1n) is 12.2. The summed E-state index contributed by atoms with van der Waals surface area (Å²) in [6, 6.07) is 2.97. The number of carboxylic acid groups (broad SMARTS) is 1. The molecule has 0 spiro atoms. The molecule has 2 aromatic heterocycles. The molecule has 4 amide bonds. The van der Waals surface area contributed by atoms with Crippen molar-refractivity contribution in [2.45, 2.75) is 56.8 Å². The van der Waals surface area contributed by atoms with E-state index in [9.17, 15) is 29.1 Å². The Hall–Kier alpha value is -4.72. The van der Waals surface area contributed by atoms with Gasteiger partial charge in [-0.25, -0.2) is 9.78 Å². The van der Waals surface area contributed by atoms with Crippen LogP contribution in [-0.2, 0) is 36.8 Å². The van der Waals surface area contributed by atoms with Gasteiger partial charge in [-0.15, -0.1) is 0 Å². The lowest BCUT2D eigenvalue weighted by molar-refractivity contribution is -0.142. The highest BCUT2D eigenvalue weighted by Crippen LogP contribution is 2.18. The third kappa shape index (κ3) is 8.13. The quantitative estimate of drug-likeness (QED) is 0.124. The Morgan fingerprint density at radius 1 is 0.974 bits per heavy atom. The molecule has 0 radical (unpaired) electrons. The van der Waals surface area contributed by atoms with E-state index in [2.05, 4.69) is 30.9 Å². The number of benzene rings is 1. The van der Waals surface area contributed by atoms with Gasteiger partial charge < -0.3 is 42.5 Å². The fourth-order valence-corrected chi connectivity index (χ4v) is 3.95. The zero-order valence-corrected chi connectivity index (χ0v) is 21.3.